The number of likely N-dealkylation sites (N-methyl/N-ethyl adjacent to an activating group) is 1. The molecule has 0 heterocycles. The Morgan fingerprint density at radius 1 is 1.38 bits per heavy atom. The minimum Gasteiger partial charge on any atom is -0.478 e. The van der Waals surface area contributed by atoms with Crippen molar-refractivity contribution >= 4 is 16.0 Å². The molecule has 0 fully saturated rings. The van der Waals surface area contributed by atoms with Gasteiger partial charge in [-0.05, 0) is 25.1 Å². The van der Waals surface area contributed by atoms with E-state index in [1.165, 1.54) is 0 Å². The minimum atomic E-state index is -4.10. The third kappa shape index (κ3) is 4.23. The highest BCUT2D eigenvalue weighted by Gasteiger charge is 2.28. The number of hydrogen-bond acceptors (Lipinski definition) is 4. The van der Waals surface area contributed by atoms with Gasteiger partial charge in [0.2, 0.25) is 10.0 Å². The van der Waals surface area contributed by atoms with Crippen LogP contribution in [-0.4, -0.2) is 50.1 Å². The highest BCUT2D eigenvalue weighted by atomic mass is 32.2. The van der Waals surface area contributed by atoms with Crippen LogP contribution >= 0.6 is 0 Å². The molecule has 1 aromatic carbocycles. The molecule has 0 unspecified atom stereocenters. The molecule has 0 aliphatic carbocycles. The molecule has 0 amide bonds. The molecule has 0 saturated carbocycles. The number of halogens is 1. The Morgan fingerprint density at radius 2 is 2.05 bits per heavy atom. The van der Waals surface area contributed by atoms with E-state index in [1.54, 1.807) is 13.8 Å². The summed E-state index contributed by atoms with van der Waals surface area (Å²) in [5, 5.41) is 9.06. The zero-order valence-corrected chi connectivity index (χ0v) is 12.7. The number of aromatic carboxylic acids is 1. The first-order valence-corrected chi connectivity index (χ1v) is 7.89. The zero-order valence-electron chi connectivity index (χ0n) is 11.9. The molecule has 1 aromatic rings. The fourth-order valence-corrected chi connectivity index (χ4v) is 3.41. The Morgan fingerprint density at radius 3 is 2.57 bits per heavy atom. The van der Waals surface area contributed by atoms with Crippen LogP contribution in [0.4, 0.5) is 4.39 Å². The quantitative estimate of drug-likeness (QED) is 0.735. The van der Waals surface area contributed by atoms with Crippen molar-refractivity contribution in [3.63, 3.8) is 0 Å². The first kappa shape index (κ1) is 17.5. The second-order valence-corrected chi connectivity index (χ2v) is 6.05. The van der Waals surface area contributed by atoms with Crippen molar-refractivity contribution < 1.29 is 27.4 Å². The highest BCUT2D eigenvalue weighted by molar-refractivity contribution is 7.89. The second kappa shape index (κ2) is 7.48. The van der Waals surface area contributed by atoms with Gasteiger partial charge < -0.3 is 9.84 Å². The van der Waals surface area contributed by atoms with E-state index in [0.717, 1.165) is 22.5 Å². The Labute approximate surface area is 123 Å². The average Bonchev–Trinajstić information content (AvgIpc) is 2.43. The fourth-order valence-electron chi connectivity index (χ4n) is 1.78. The van der Waals surface area contributed by atoms with Gasteiger partial charge in [-0.25, -0.2) is 17.6 Å². The summed E-state index contributed by atoms with van der Waals surface area (Å²) in [5.74, 6) is -2.23. The third-order valence-electron chi connectivity index (χ3n) is 2.83. The predicted octanol–water partition coefficient (Wildman–Crippen LogP) is 1.57. The van der Waals surface area contributed by atoms with E-state index in [4.69, 9.17) is 9.84 Å². The standard InChI is InChI=1S/C13H18FNO5S/c1-3-15(7-8-20-4-2)21(18,19)12-9-10(14)5-6-11(12)13(16)17/h5-6,9H,3-4,7-8H2,1-2H3,(H,16,17). The normalized spacial score (nSPS) is 11.8. The molecule has 0 aliphatic heterocycles. The summed E-state index contributed by atoms with van der Waals surface area (Å²) >= 11 is 0. The van der Waals surface area contributed by atoms with Crippen LogP contribution in [0.15, 0.2) is 23.1 Å². The summed E-state index contributed by atoms with van der Waals surface area (Å²) in [5.41, 5.74) is -0.453. The maximum atomic E-state index is 13.3. The number of hydrogen-bond donors (Lipinski definition) is 1. The minimum absolute atomic E-state index is 0.0717. The van der Waals surface area contributed by atoms with Crippen LogP contribution in [0, 0.1) is 5.82 Å². The molecule has 1 N–H and O–H groups in total. The maximum Gasteiger partial charge on any atom is 0.337 e. The van der Waals surface area contributed by atoms with Gasteiger partial charge in [0.15, 0.2) is 0 Å². The molecule has 0 spiro atoms. The van der Waals surface area contributed by atoms with E-state index in [1.807, 2.05) is 0 Å². The molecule has 8 heteroatoms. The third-order valence-corrected chi connectivity index (χ3v) is 4.85. The van der Waals surface area contributed by atoms with Gasteiger partial charge in [0.1, 0.15) is 5.82 Å². The number of carboxylic acids is 1. The summed E-state index contributed by atoms with van der Waals surface area (Å²) in [6, 6.07) is 2.59. The lowest BCUT2D eigenvalue weighted by Crippen LogP contribution is -2.34. The number of carboxylic acid groups (broad SMARTS) is 1. The molecule has 0 saturated heterocycles. The van der Waals surface area contributed by atoms with Gasteiger partial charge in [0, 0.05) is 19.7 Å². The van der Waals surface area contributed by atoms with Gasteiger partial charge in [-0.3, -0.25) is 0 Å². The van der Waals surface area contributed by atoms with Gasteiger partial charge in [0.25, 0.3) is 0 Å². The average molecular weight is 319 g/mol. The lowest BCUT2D eigenvalue weighted by molar-refractivity contribution is 0.0692. The molecule has 0 aliphatic rings. The molecule has 0 radical (unpaired) electrons. The number of carbonyl (C=O) groups is 1. The SMILES string of the molecule is CCOCCN(CC)S(=O)(=O)c1cc(F)ccc1C(=O)O. The van der Waals surface area contributed by atoms with Crippen molar-refractivity contribution in [3.05, 3.63) is 29.6 Å². The largest absolute Gasteiger partial charge is 0.478 e. The Hall–Kier alpha value is -1.51. The summed E-state index contributed by atoms with van der Waals surface area (Å²) in [6.45, 7) is 4.22. The Bertz CT molecular complexity index is 603. The lowest BCUT2D eigenvalue weighted by atomic mass is 10.2. The molecule has 0 bridgehead atoms. The van der Waals surface area contributed by atoms with E-state index < -0.39 is 32.3 Å². The number of rotatable bonds is 8. The van der Waals surface area contributed by atoms with Gasteiger partial charge in [0.05, 0.1) is 17.1 Å². The smallest absolute Gasteiger partial charge is 0.337 e. The summed E-state index contributed by atoms with van der Waals surface area (Å²) in [6.07, 6.45) is 0. The zero-order chi connectivity index (χ0) is 16.0. The van der Waals surface area contributed by atoms with E-state index in [0.29, 0.717) is 6.61 Å². The molecular formula is C13H18FNO5S. The first-order valence-electron chi connectivity index (χ1n) is 6.45. The van der Waals surface area contributed by atoms with Crippen LogP contribution in [0.5, 0.6) is 0 Å². The summed E-state index contributed by atoms with van der Waals surface area (Å²) < 4.78 is 44.4. The van der Waals surface area contributed by atoms with E-state index in [9.17, 15) is 17.6 Å². The predicted molar refractivity (Wildman–Crippen MR) is 74.3 cm³/mol. The van der Waals surface area contributed by atoms with Crippen molar-refractivity contribution in [2.24, 2.45) is 0 Å². The van der Waals surface area contributed by atoms with Crippen LogP contribution in [0.3, 0.4) is 0 Å². The van der Waals surface area contributed by atoms with Crippen LogP contribution < -0.4 is 0 Å². The van der Waals surface area contributed by atoms with Crippen molar-refractivity contribution in [2.75, 3.05) is 26.3 Å². The van der Waals surface area contributed by atoms with Gasteiger partial charge in [-0.1, -0.05) is 6.92 Å². The summed E-state index contributed by atoms with van der Waals surface area (Å²) in [7, 11) is -4.10. The van der Waals surface area contributed by atoms with E-state index in [2.05, 4.69) is 0 Å². The van der Waals surface area contributed by atoms with Crippen LogP contribution in [-0.2, 0) is 14.8 Å². The van der Waals surface area contributed by atoms with Gasteiger partial charge in [-0.15, -0.1) is 0 Å². The Balaban J connectivity index is 3.21. The van der Waals surface area contributed by atoms with Gasteiger partial charge >= 0.3 is 5.97 Å². The number of sulfonamides is 1. The maximum absolute atomic E-state index is 13.3. The summed E-state index contributed by atoms with van der Waals surface area (Å²) in [4.78, 5) is 10.6. The number of nitrogens with zero attached hydrogens (tertiary/aromatic N) is 1. The molecule has 0 aromatic heterocycles. The van der Waals surface area contributed by atoms with Crippen LogP contribution in [0.1, 0.15) is 24.2 Å². The molecule has 6 nitrogen and oxygen atoms in total. The van der Waals surface area contributed by atoms with Crippen molar-refractivity contribution in [1.82, 2.24) is 4.31 Å². The van der Waals surface area contributed by atoms with E-state index >= 15 is 0 Å². The van der Waals surface area contributed by atoms with Crippen molar-refractivity contribution in [1.29, 1.82) is 0 Å². The first-order chi connectivity index (χ1) is 9.84. The molecule has 0 atom stereocenters. The van der Waals surface area contributed by atoms with Gasteiger partial charge in [-0.2, -0.15) is 4.31 Å². The van der Waals surface area contributed by atoms with E-state index in [-0.39, 0.29) is 19.7 Å². The van der Waals surface area contributed by atoms with Crippen molar-refractivity contribution in [3.8, 4) is 0 Å². The Kier molecular flexibility index (Phi) is 6.25. The van der Waals surface area contributed by atoms with Crippen molar-refractivity contribution in [2.45, 2.75) is 18.7 Å². The monoisotopic (exact) mass is 319 g/mol. The molecule has 118 valence electrons. The molecule has 21 heavy (non-hydrogen) atoms. The molecular weight excluding hydrogens is 301 g/mol. The van der Waals surface area contributed by atoms with Crippen LogP contribution in [0.2, 0.25) is 0 Å². The molecule has 1 rings (SSSR count). The number of benzene rings is 1. The van der Waals surface area contributed by atoms with Crippen LogP contribution in [0.25, 0.3) is 0 Å². The second-order valence-electron chi connectivity index (χ2n) is 4.14. The fraction of sp³-hybridized carbons (Fsp3) is 0.462. The highest BCUT2D eigenvalue weighted by Crippen LogP contribution is 2.21. The lowest BCUT2D eigenvalue weighted by Gasteiger charge is -2.21. The topological polar surface area (TPSA) is 83.9 Å². The number of ether oxygens (including phenoxy) is 1.